The molecule has 1 N–H and O–H groups in total. The van der Waals surface area contributed by atoms with Crippen LogP contribution in [0.1, 0.15) is 35.3 Å². The van der Waals surface area contributed by atoms with Crippen molar-refractivity contribution in [3.63, 3.8) is 0 Å². The van der Waals surface area contributed by atoms with Crippen LogP contribution in [-0.4, -0.2) is 38.4 Å². The number of hydrogen-bond acceptors (Lipinski definition) is 3. The topological polar surface area (TPSA) is 55.1 Å². The average Bonchev–Trinajstić information content (AvgIpc) is 3.35. The van der Waals surface area contributed by atoms with Crippen LogP contribution in [0.15, 0.2) is 30.3 Å². The predicted octanol–water partition coefficient (Wildman–Crippen LogP) is 4.79. The number of nitrogens with one attached hydrogen (secondary N) is 1. The van der Waals surface area contributed by atoms with E-state index in [1.54, 1.807) is 22.9 Å². The quantitative estimate of drug-likeness (QED) is 0.488. The lowest BCUT2D eigenvalue weighted by Gasteiger charge is -2.26. The van der Waals surface area contributed by atoms with Crippen LogP contribution in [0.3, 0.4) is 0 Å². The minimum Gasteiger partial charge on any atom is -0.326 e. The fourth-order valence-electron chi connectivity index (χ4n) is 4.04. The average molecular weight is 451 g/mol. The highest BCUT2D eigenvalue weighted by molar-refractivity contribution is 6.35. The zero-order valence-corrected chi connectivity index (χ0v) is 17.7. The first-order valence-corrected chi connectivity index (χ1v) is 10.6. The molecule has 3 aromatic rings. The van der Waals surface area contributed by atoms with Crippen molar-refractivity contribution < 1.29 is 4.79 Å². The van der Waals surface area contributed by atoms with E-state index in [9.17, 15) is 4.79 Å². The van der Waals surface area contributed by atoms with E-state index in [1.807, 2.05) is 21.7 Å². The van der Waals surface area contributed by atoms with E-state index in [1.165, 1.54) is 6.42 Å². The van der Waals surface area contributed by atoms with Gasteiger partial charge in [0, 0.05) is 23.7 Å². The molecule has 0 bridgehead atoms. The molecule has 4 heterocycles. The number of halogens is 3. The molecule has 1 saturated heterocycles. The number of rotatable bonds is 3. The third-order valence-electron chi connectivity index (χ3n) is 5.44. The maximum Gasteiger partial charge on any atom is 0.286 e. The first-order chi connectivity index (χ1) is 14.0. The van der Waals surface area contributed by atoms with Crippen LogP contribution >= 0.6 is 34.8 Å². The largest absolute Gasteiger partial charge is 0.326 e. The minimum absolute atomic E-state index is 0.214. The summed E-state index contributed by atoms with van der Waals surface area (Å²) in [7, 11) is 0. The van der Waals surface area contributed by atoms with E-state index in [2.05, 4.69) is 10.5 Å². The van der Waals surface area contributed by atoms with Gasteiger partial charge in [0.15, 0.2) is 5.69 Å². The molecule has 1 aromatic carbocycles. The second-order valence-electron chi connectivity index (χ2n) is 7.30. The third kappa shape index (κ3) is 3.24. The summed E-state index contributed by atoms with van der Waals surface area (Å²) in [6.07, 6.45) is 3.35. The number of piperidine rings is 1. The van der Waals surface area contributed by atoms with Gasteiger partial charge in [-0.15, -0.1) is 0 Å². The number of carbonyl (C=O) groups is 1. The summed E-state index contributed by atoms with van der Waals surface area (Å²) in [4.78, 5) is 13.1. The highest BCUT2D eigenvalue weighted by atomic mass is 35.5. The van der Waals surface area contributed by atoms with Crippen LogP contribution in [0.4, 0.5) is 0 Å². The Morgan fingerprint density at radius 3 is 2.59 bits per heavy atom. The van der Waals surface area contributed by atoms with Gasteiger partial charge in [-0.25, -0.2) is 9.69 Å². The molecular formula is C20H18Cl3N5O. The summed E-state index contributed by atoms with van der Waals surface area (Å²) in [5.41, 5.74) is 6.62. The van der Waals surface area contributed by atoms with E-state index in [-0.39, 0.29) is 5.91 Å². The van der Waals surface area contributed by atoms with Gasteiger partial charge in [0.2, 0.25) is 0 Å². The second kappa shape index (κ2) is 7.36. The first-order valence-electron chi connectivity index (χ1n) is 9.51. The summed E-state index contributed by atoms with van der Waals surface area (Å²) in [5, 5.41) is 8.24. The number of amides is 1. The van der Waals surface area contributed by atoms with Crippen molar-refractivity contribution >= 4 is 40.7 Å². The van der Waals surface area contributed by atoms with Crippen molar-refractivity contribution in [3.05, 3.63) is 56.8 Å². The van der Waals surface area contributed by atoms with Crippen molar-refractivity contribution in [2.24, 2.45) is 0 Å². The van der Waals surface area contributed by atoms with Gasteiger partial charge in [-0.05, 0) is 43.2 Å². The van der Waals surface area contributed by atoms with E-state index >= 15 is 0 Å². The summed E-state index contributed by atoms with van der Waals surface area (Å²) >= 11 is 18.9. The van der Waals surface area contributed by atoms with Gasteiger partial charge in [-0.1, -0.05) is 41.2 Å². The lowest BCUT2D eigenvalue weighted by Crippen LogP contribution is -2.45. The van der Waals surface area contributed by atoms with Crippen LogP contribution < -0.4 is 5.43 Å². The van der Waals surface area contributed by atoms with E-state index in [0.29, 0.717) is 33.1 Å². The number of hydrogen-bond donors (Lipinski definition) is 1. The molecule has 29 heavy (non-hydrogen) atoms. The van der Waals surface area contributed by atoms with Crippen LogP contribution in [0.25, 0.3) is 17.1 Å². The Bertz CT molecular complexity index is 1110. The number of benzene rings is 1. The molecule has 0 aliphatic carbocycles. The van der Waals surface area contributed by atoms with Gasteiger partial charge >= 0.3 is 0 Å². The molecule has 9 heteroatoms. The number of fused-ring (bicyclic) bond motifs is 3. The van der Waals surface area contributed by atoms with Gasteiger partial charge in [0.05, 0.1) is 28.6 Å². The van der Waals surface area contributed by atoms with Crippen molar-refractivity contribution in [3.8, 4) is 17.1 Å². The van der Waals surface area contributed by atoms with Gasteiger partial charge < -0.3 is 4.57 Å². The molecule has 150 valence electrons. The summed E-state index contributed by atoms with van der Waals surface area (Å²) in [5.74, 6) is -0.214. The molecule has 2 aliphatic rings. The van der Waals surface area contributed by atoms with Crippen molar-refractivity contribution in [2.75, 3.05) is 13.1 Å². The maximum absolute atomic E-state index is 13.1. The zero-order chi connectivity index (χ0) is 20.1. The Hall–Kier alpha value is -1.99. The lowest BCUT2D eigenvalue weighted by atomic mass is 10.1. The SMILES string of the molecule is O=C(NN1CCCCC1)c1nn(-c2ccc(Cl)cc2Cl)c2c1Cn1c(Cl)ccc1-2. The van der Waals surface area contributed by atoms with Gasteiger partial charge in [-0.2, -0.15) is 5.10 Å². The van der Waals surface area contributed by atoms with Crippen molar-refractivity contribution in [2.45, 2.75) is 25.8 Å². The Kier molecular flexibility index (Phi) is 4.82. The Labute approximate surface area is 182 Å². The van der Waals surface area contributed by atoms with E-state index in [0.717, 1.165) is 42.9 Å². The first kappa shape index (κ1) is 19.0. The van der Waals surface area contributed by atoms with E-state index in [4.69, 9.17) is 34.8 Å². The highest BCUT2D eigenvalue weighted by Crippen LogP contribution is 2.40. The second-order valence-corrected chi connectivity index (χ2v) is 8.53. The normalized spacial score (nSPS) is 16.0. The van der Waals surface area contributed by atoms with Gasteiger partial charge in [-0.3, -0.25) is 10.2 Å². The standard InChI is InChI=1S/C20H18Cl3N5O/c21-12-4-5-15(14(22)10-12)28-19-13(11-27-16(19)6-7-17(27)23)18(24-28)20(29)25-26-8-2-1-3-9-26/h4-7,10H,1-3,8-9,11H2,(H,25,29). The molecular weight excluding hydrogens is 433 g/mol. The molecule has 6 nitrogen and oxygen atoms in total. The smallest absolute Gasteiger partial charge is 0.286 e. The zero-order valence-electron chi connectivity index (χ0n) is 15.5. The molecule has 0 radical (unpaired) electrons. The number of carbonyl (C=O) groups excluding carboxylic acids is 1. The summed E-state index contributed by atoms with van der Waals surface area (Å²) in [6.45, 7) is 2.19. The number of hydrazine groups is 1. The van der Waals surface area contributed by atoms with Crippen LogP contribution in [0, 0.1) is 0 Å². The summed E-state index contributed by atoms with van der Waals surface area (Å²) < 4.78 is 3.68. The molecule has 1 amide bonds. The minimum atomic E-state index is -0.214. The predicted molar refractivity (Wildman–Crippen MR) is 114 cm³/mol. The molecule has 0 unspecified atom stereocenters. The summed E-state index contributed by atoms with van der Waals surface area (Å²) in [6, 6.07) is 9.00. The third-order valence-corrected chi connectivity index (χ3v) is 6.31. The number of aromatic nitrogens is 3. The Balaban J connectivity index is 1.60. The van der Waals surface area contributed by atoms with Crippen molar-refractivity contribution in [1.82, 2.24) is 24.8 Å². The Morgan fingerprint density at radius 2 is 1.83 bits per heavy atom. The van der Waals surface area contributed by atoms with Gasteiger partial charge in [0.1, 0.15) is 5.15 Å². The molecule has 5 rings (SSSR count). The van der Waals surface area contributed by atoms with Crippen LogP contribution in [0.2, 0.25) is 15.2 Å². The maximum atomic E-state index is 13.1. The fourth-order valence-corrected chi connectivity index (χ4v) is 4.75. The molecule has 2 aliphatic heterocycles. The molecule has 1 fully saturated rings. The van der Waals surface area contributed by atoms with E-state index < -0.39 is 0 Å². The molecule has 0 spiro atoms. The van der Waals surface area contributed by atoms with Crippen molar-refractivity contribution in [1.29, 1.82) is 0 Å². The Morgan fingerprint density at radius 1 is 1.03 bits per heavy atom. The monoisotopic (exact) mass is 449 g/mol. The fraction of sp³-hybridized carbons (Fsp3) is 0.300. The van der Waals surface area contributed by atoms with Crippen LogP contribution in [-0.2, 0) is 6.54 Å². The highest BCUT2D eigenvalue weighted by Gasteiger charge is 2.33. The molecule has 0 atom stereocenters. The number of nitrogens with zero attached hydrogens (tertiary/aromatic N) is 4. The molecule has 0 saturated carbocycles. The lowest BCUT2D eigenvalue weighted by molar-refractivity contribution is 0.0743. The van der Waals surface area contributed by atoms with Crippen LogP contribution in [0.5, 0.6) is 0 Å². The molecule has 2 aromatic heterocycles. The van der Waals surface area contributed by atoms with Gasteiger partial charge in [0.25, 0.3) is 5.91 Å².